The molecule has 2 aliphatic carbocycles. The minimum atomic E-state index is -0.895. The Labute approximate surface area is 164 Å². The molecule has 1 aromatic rings. The summed E-state index contributed by atoms with van der Waals surface area (Å²) in [5, 5.41) is 22.6. The molecule has 3 atom stereocenters. The number of anilines is 1. The van der Waals surface area contributed by atoms with Gasteiger partial charge >= 0.3 is 5.97 Å². The average molecular weight is 389 g/mol. The van der Waals surface area contributed by atoms with Gasteiger partial charge in [-0.25, -0.2) is 0 Å². The third-order valence-electron chi connectivity index (χ3n) is 6.26. The SMILES string of the molecule is CC(C)(C)[C@@H]1CCc2c(sc(NC(=O)[C@H]3CCCC[C@H]3C(=O)O)c2C#N)C1. The lowest BCUT2D eigenvalue weighted by atomic mass is 9.72. The third-order valence-corrected chi connectivity index (χ3v) is 7.43. The molecule has 2 N–H and O–H groups in total. The number of hydrogen-bond acceptors (Lipinski definition) is 4. The lowest BCUT2D eigenvalue weighted by Crippen LogP contribution is -2.36. The van der Waals surface area contributed by atoms with Gasteiger partial charge in [-0.15, -0.1) is 11.3 Å². The number of carboxylic acids is 1. The monoisotopic (exact) mass is 388 g/mol. The molecule has 0 aliphatic heterocycles. The Hall–Kier alpha value is -1.87. The molecular weight excluding hydrogens is 360 g/mol. The maximum atomic E-state index is 12.8. The molecule has 146 valence electrons. The van der Waals surface area contributed by atoms with Crippen LogP contribution in [-0.2, 0) is 22.4 Å². The molecule has 2 aliphatic rings. The highest BCUT2D eigenvalue weighted by Crippen LogP contribution is 2.44. The van der Waals surface area contributed by atoms with Crippen LogP contribution in [0.15, 0.2) is 0 Å². The molecule has 1 fully saturated rings. The van der Waals surface area contributed by atoms with Crippen molar-refractivity contribution in [3.63, 3.8) is 0 Å². The van der Waals surface area contributed by atoms with Crippen molar-refractivity contribution in [1.82, 2.24) is 0 Å². The number of carboxylic acid groups (broad SMARTS) is 1. The summed E-state index contributed by atoms with van der Waals surface area (Å²) in [7, 11) is 0. The predicted molar refractivity (Wildman–Crippen MR) is 106 cm³/mol. The molecule has 1 heterocycles. The first-order valence-electron chi connectivity index (χ1n) is 9.80. The first kappa shape index (κ1) is 19.9. The van der Waals surface area contributed by atoms with Crippen molar-refractivity contribution in [1.29, 1.82) is 5.26 Å². The summed E-state index contributed by atoms with van der Waals surface area (Å²) in [6.45, 7) is 6.75. The van der Waals surface area contributed by atoms with E-state index >= 15 is 0 Å². The fraction of sp³-hybridized carbons (Fsp3) is 0.667. The van der Waals surface area contributed by atoms with Crippen molar-refractivity contribution in [2.75, 3.05) is 5.32 Å². The number of nitrogens with one attached hydrogen (secondary N) is 1. The van der Waals surface area contributed by atoms with Gasteiger partial charge in [0, 0.05) is 4.88 Å². The summed E-state index contributed by atoms with van der Waals surface area (Å²) >= 11 is 1.51. The molecule has 1 saturated carbocycles. The molecule has 0 unspecified atom stereocenters. The zero-order valence-electron chi connectivity index (χ0n) is 16.3. The number of carbonyl (C=O) groups excluding carboxylic acids is 1. The number of fused-ring (bicyclic) bond motifs is 1. The van der Waals surface area contributed by atoms with E-state index in [1.54, 1.807) is 0 Å². The van der Waals surface area contributed by atoms with E-state index in [0.717, 1.165) is 37.7 Å². The highest BCUT2D eigenvalue weighted by atomic mass is 32.1. The van der Waals surface area contributed by atoms with E-state index in [0.29, 0.717) is 29.3 Å². The van der Waals surface area contributed by atoms with E-state index in [4.69, 9.17) is 0 Å². The maximum Gasteiger partial charge on any atom is 0.307 e. The van der Waals surface area contributed by atoms with Gasteiger partial charge in [-0.05, 0) is 49.0 Å². The van der Waals surface area contributed by atoms with E-state index < -0.39 is 17.8 Å². The maximum absolute atomic E-state index is 12.8. The van der Waals surface area contributed by atoms with Crippen LogP contribution < -0.4 is 5.32 Å². The smallest absolute Gasteiger partial charge is 0.307 e. The molecule has 3 rings (SSSR count). The summed E-state index contributed by atoms with van der Waals surface area (Å²) < 4.78 is 0. The van der Waals surface area contributed by atoms with Crippen LogP contribution in [-0.4, -0.2) is 17.0 Å². The fourth-order valence-electron chi connectivity index (χ4n) is 4.48. The topological polar surface area (TPSA) is 90.2 Å². The number of aliphatic carboxylic acids is 1. The second-order valence-corrected chi connectivity index (χ2v) is 10.1. The lowest BCUT2D eigenvalue weighted by molar-refractivity contribution is -0.147. The van der Waals surface area contributed by atoms with Crippen LogP contribution in [0, 0.1) is 34.5 Å². The molecule has 5 nitrogen and oxygen atoms in total. The minimum absolute atomic E-state index is 0.217. The van der Waals surface area contributed by atoms with Gasteiger partial charge in [0.05, 0.1) is 17.4 Å². The lowest BCUT2D eigenvalue weighted by Gasteiger charge is -2.33. The molecule has 0 bridgehead atoms. The van der Waals surface area contributed by atoms with E-state index in [1.807, 2.05) is 0 Å². The van der Waals surface area contributed by atoms with Gasteiger partial charge in [-0.1, -0.05) is 33.6 Å². The van der Waals surface area contributed by atoms with Gasteiger partial charge in [0.2, 0.25) is 5.91 Å². The molecule has 0 saturated heterocycles. The van der Waals surface area contributed by atoms with Gasteiger partial charge in [-0.3, -0.25) is 9.59 Å². The Bertz CT molecular complexity index is 785. The van der Waals surface area contributed by atoms with Crippen LogP contribution in [0.2, 0.25) is 0 Å². The molecule has 0 spiro atoms. The molecule has 1 amide bonds. The second kappa shape index (κ2) is 7.63. The Morgan fingerprint density at radius 1 is 1.19 bits per heavy atom. The number of amides is 1. The second-order valence-electron chi connectivity index (χ2n) is 8.95. The Balaban J connectivity index is 1.82. The van der Waals surface area contributed by atoms with Crippen molar-refractivity contribution < 1.29 is 14.7 Å². The van der Waals surface area contributed by atoms with E-state index in [2.05, 4.69) is 32.2 Å². The summed E-state index contributed by atoms with van der Waals surface area (Å²) in [4.78, 5) is 25.5. The molecule has 1 aromatic heterocycles. The number of rotatable bonds is 3. The summed E-state index contributed by atoms with van der Waals surface area (Å²) in [6, 6.07) is 2.28. The van der Waals surface area contributed by atoms with Crippen molar-refractivity contribution in [3.05, 3.63) is 16.0 Å². The van der Waals surface area contributed by atoms with Crippen LogP contribution in [0.25, 0.3) is 0 Å². The number of thiophene rings is 1. The predicted octanol–water partition coefficient (Wildman–Crippen LogP) is 4.60. The van der Waals surface area contributed by atoms with Crippen LogP contribution in [0.3, 0.4) is 0 Å². The van der Waals surface area contributed by atoms with Crippen LogP contribution in [0.4, 0.5) is 5.00 Å². The highest BCUT2D eigenvalue weighted by molar-refractivity contribution is 7.16. The number of nitriles is 1. The summed E-state index contributed by atoms with van der Waals surface area (Å²) in [5.74, 6) is -1.71. The van der Waals surface area contributed by atoms with Crippen LogP contribution >= 0.6 is 11.3 Å². The molecule has 6 heteroatoms. The molecule has 0 aromatic carbocycles. The van der Waals surface area contributed by atoms with Crippen molar-refractivity contribution in [3.8, 4) is 6.07 Å². The average Bonchev–Trinajstić information content (AvgIpc) is 2.96. The standard InChI is InChI=1S/C21H28N2O3S/c1-21(2,3)12-8-9-13-16(11-22)19(27-17(13)10-12)23-18(24)14-6-4-5-7-15(14)20(25)26/h12,14-15H,4-10H2,1-3H3,(H,23,24)(H,25,26)/t12-,14+,15-/m1/s1. The fourth-order valence-corrected chi connectivity index (χ4v) is 5.76. The van der Waals surface area contributed by atoms with E-state index in [-0.39, 0.29) is 11.3 Å². The first-order valence-corrected chi connectivity index (χ1v) is 10.6. The number of hydrogen-bond donors (Lipinski definition) is 2. The summed E-state index contributed by atoms with van der Waals surface area (Å²) in [6.07, 6.45) is 5.74. The van der Waals surface area contributed by atoms with Gasteiger partial charge < -0.3 is 10.4 Å². The third kappa shape index (κ3) is 4.03. The van der Waals surface area contributed by atoms with Gasteiger partial charge in [0.15, 0.2) is 0 Å². The largest absolute Gasteiger partial charge is 0.481 e. The number of nitrogens with zero attached hydrogens (tertiary/aromatic N) is 1. The molecular formula is C21H28N2O3S. The van der Waals surface area contributed by atoms with Crippen LogP contribution in [0.1, 0.15) is 68.9 Å². The quantitative estimate of drug-likeness (QED) is 0.792. The van der Waals surface area contributed by atoms with Crippen molar-refractivity contribution in [2.24, 2.45) is 23.2 Å². The highest BCUT2D eigenvalue weighted by Gasteiger charge is 2.37. The Morgan fingerprint density at radius 3 is 2.44 bits per heavy atom. The Kier molecular flexibility index (Phi) is 5.62. The number of carbonyl (C=O) groups is 2. The first-order chi connectivity index (χ1) is 12.7. The van der Waals surface area contributed by atoms with Crippen molar-refractivity contribution >= 4 is 28.2 Å². The zero-order valence-corrected chi connectivity index (χ0v) is 17.1. The zero-order chi connectivity index (χ0) is 19.8. The minimum Gasteiger partial charge on any atom is -0.481 e. The molecule has 0 radical (unpaired) electrons. The van der Waals surface area contributed by atoms with Crippen LogP contribution in [0.5, 0.6) is 0 Å². The Morgan fingerprint density at radius 2 is 1.85 bits per heavy atom. The van der Waals surface area contributed by atoms with Gasteiger partial charge in [0.1, 0.15) is 11.1 Å². The van der Waals surface area contributed by atoms with E-state index in [9.17, 15) is 20.0 Å². The van der Waals surface area contributed by atoms with Crippen molar-refractivity contribution in [2.45, 2.75) is 65.7 Å². The van der Waals surface area contributed by atoms with Gasteiger partial charge in [0.25, 0.3) is 0 Å². The normalized spacial score (nSPS) is 25.3. The van der Waals surface area contributed by atoms with Gasteiger partial charge in [-0.2, -0.15) is 5.26 Å². The van der Waals surface area contributed by atoms with E-state index in [1.165, 1.54) is 16.2 Å². The molecule has 27 heavy (non-hydrogen) atoms. The summed E-state index contributed by atoms with van der Waals surface area (Å²) in [5.41, 5.74) is 1.88.